The van der Waals surface area contributed by atoms with E-state index in [9.17, 15) is 0 Å². The van der Waals surface area contributed by atoms with Crippen molar-refractivity contribution in [3.8, 4) is 0 Å². The van der Waals surface area contributed by atoms with Crippen molar-refractivity contribution in [2.75, 3.05) is 7.05 Å². The number of fused-ring (bicyclic) bond motifs is 1. The molecule has 2 nitrogen and oxygen atoms in total. The molecule has 0 spiro atoms. The lowest BCUT2D eigenvalue weighted by atomic mass is 10.0. The summed E-state index contributed by atoms with van der Waals surface area (Å²) in [5.41, 5.74) is 5.35. The van der Waals surface area contributed by atoms with Gasteiger partial charge in [0, 0.05) is 4.88 Å². The monoisotopic (exact) mass is 272 g/mol. The van der Waals surface area contributed by atoms with Crippen molar-refractivity contribution in [3.05, 3.63) is 50.5 Å². The van der Waals surface area contributed by atoms with E-state index in [0.29, 0.717) is 0 Å². The van der Waals surface area contributed by atoms with Gasteiger partial charge < -0.3 is 5.32 Å². The average molecular weight is 272 g/mol. The summed E-state index contributed by atoms with van der Waals surface area (Å²) in [6, 6.07) is 6.94. The Bertz CT molecular complexity index is 579. The van der Waals surface area contributed by atoms with Gasteiger partial charge in [-0.25, -0.2) is 4.98 Å². The molecular formula is C16H20N2S. The predicted octanol–water partition coefficient (Wildman–Crippen LogP) is 3.56. The number of nitrogens with zero attached hydrogens (tertiary/aromatic N) is 1. The summed E-state index contributed by atoms with van der Waals surface area (Å²) in [6.07, 6.45) is 3.66. The summed E-state index contributed by atoms with van der Waals surface area (Å²) < 4.78 is 0. The van der Waals surface area contributed by atoms with Gasteiger partial charge in [0.15, 0.2) is 0 Å². The van der Waals surface area contributed by atoms with Crippen LogP contribution in [-0.2, 0) is 12.8 Å². The molecule has 1 aromatic carbocycles. The standard InChI is InChI=1S/C16H20N2S/c1-10-7-8-12(9-11(10)2)15(17-3)16-18-13-5-4-6-14(13)19-16/h7-9,15,17H,4-6H2,1-3H3. The third-order valence-electron chi connectivity index (χ3n) is 4.01. The van der Waals surface area contributed by atoms with E-state index in [1.54, 1.807) is 0 Å². The first-order valence-corrected chi connectivity index (χ1v) is 7.73. The van der Waals surface area contributed by atoms with Crippen molar-refractivity contribution in [2.24, 2.45) is 0 Å². The molecule has 1 heterocycles. The fraction of sp³-hybridized carbons (Fsp3) is 0.438. The highest BCUT2D eigenvalue weighted by Crippen LogP contribution is 2.33. The normalized spacial score (nSPS) is 15.5. The lowest BCUT2D eigenvalue weighted by Gasteiger charge is -2.15. The summed E-state index contributed by atoms with van der Waals surface area (Å²) in [6.45, 7) is 4.33. The Labute approximate surface area is 118 Å². The second-order valence-electron chi connectivity index (χ2n) is 5.34. The van der Waals surface area contributed by atoms with E-state index in [4.69, 9.17) is 4.98 Å². The molecule has 0 saturated carbocycles. The van der Waals surface area contributed by atoms with Crippen LogP contribution >= 0.6 is 11.3 Å². The zero-order valence-corrected chi connectivity index (χ0v) is 12.6. The Kier molecular flexibility index (Phi) is 3.42. The van der Waals surface area contributed by atoms with Crippen LogP contribution < -0.4 is 5.32 Å². The van der Waals surface area contributed by atoms with Crippen LogP contribution in [0.3, 0.4) is 0 Å². The predicted molar refractivity (Wildman–Crippen MR) is 81.0 cm³/mol. The van der Waals surface area contributed by atoms with Gasteiger partial charge in [0.1, 0.15) is 5.01 Å². The van der Waals surface area contributed by atoms with E-state index < -0.39 is 0 Å². The molecule has 3 rings (SSSR count). The number of thiazole rings is 1. The van der Waals surface area contributed by atoms with Crippen LogP contribution in [0.2, 0.25) is 0 Å². The van der Waals surface area contributed by atoms with Gasteiger partial charge in [-0.2, -0.15) is 0 Å². The van der Waals surface area contributed by atoms with E-state index in [0.717, 1.165) is 6.42 Å². The molecule has 1 unspecified atom stereocenters. The first-order chi connectivity index (χ1) is 9.19. The molecule has 1 aliphatic carbocycles. The van der Waals surface area contributed by atoms with Crippen molar-refractivity contribution >= 4 is 11.3 Å². The molecular weight excluding hydrogens is 252 g/mol. The maximum Gasteiger partial charge on any atom is 0.115 e. The molecule has 3 heteroatoms. The van der Waals surface area contributed by atoms with Gasteiger partial charge in [0.05, 0.1) is 11.7 Å². The number of benzene rings is 1. The van der Waals surface area contributed by atoms with Crippen molar-refractivity contribution in [1.82, 2.24) is 10.3 Å². The largest absolute Gasteiger partial charge is 0.307 e. The lowest BCUT2D eigenvalue weighted by molar-refractivity contribution is 0.682. The second kappa shape index (κ2) is 5.06. The van der Waals surface area contributed by atoms with E-state index in [2.05, 4.69) is 37.4 Å². The molecule has 1 atom stereocenters. The molecule has 100 valence electrons. The maximum atomic E-state index is 4.85. The van der Waals surface area contributed by atoms with Gasteiger partial charge in [0.25, 0.3) is 0 Å². The maximum absolute atomic E-state index is 4.85. The van der Waals surface area contributed by atoms with Gasteiger partial charge in [-0.15, -0.1) is 11.3 Å². The van der Waals surface area contributed by atoms with Crippen LogP contribution in [-0.4, -0.2) is 12.0 Å². The first kappa shape index (κ1) is 12.8. The molecule has 19 heavy (non-hydrogen) atoms. The third-order valence-corrected chi connectivity index (χ3v) is 5.23. The highest BCUT2D eigenvalue weighted by atomic mass is 32.1. The Morgan fingerprint density at radius 2 is 2.05 bits per heavy atom. The smallest absolute Gasteiger partial charge is 0.115 e. The number of hydrogen-bond acceptors (Lipinski definition) is 3. The number of rotatable bonds is 3. The molecule has 0 radical (unpaired) electrons. The first-order valence-electron chi connectivity index (χ1n) is 6.92. The molecule has 0 aliphatic heterocycles. The van der Waals surface area contributed by atoms with Crippen LogP contribution in [0.4, 0.5) is 0 Å². The number of nitrogens with one attached hydrogen (secondary N) is 1. The van der Waals surface area contributed by atoms with Gasteiger partial charge in [-0.05, 0) is 56.8 Å². The molecule has 0 amide bonds. The minimum absolute atomic E-state index is 0.231. The fourth-order valence-electron chi connectivity index (χ4n) is 2.71. The summed E-state index contributed by atoms with van der Waals surface area (Å²) in [5.74, 6) is 0. The zero-order chi connectivity index (χ0) is 13.4. The van der Waals surface area contributed by atoms with Crippen molar-refractivity contribution in [3.63, 3.8) is 0 Å². The van der Waals surface area contributed by atoms with E-state index in [1.165, 1.54) is 45.1 Å². The quantitative estimate of drug-likeness (QED) is 0.924. The summed E-state index contributed by atoms with van der Waals surface area (Å²) in [7, 11) is 2.02. The number of aromatic nitrogens is 1. The topological polar surface area (TPSA) is 24.9 Å². The summed E-state index contributed by atoms with van der Waals surface area (Å²) in [4.78, 5) is 6.35. The minimum Gasteiger partial charge on any atom is -0.307 e. The van der Waals surface area contributed by atoms with Crippen molar-refractivity contribution in [1.29, 1.82) is 0 Å². The van der Waals surface area contributed by atoms with Crippen molar-refractivity contribution in [2.45, 2.75) is 39.2 Å². The van der Waals surface area contributed by atoms with Crippen LogP contribution in [0.1, 0.15) is 44.7 Å². The van der Waals surface area contributed by atoms with Gasteiger partial charge in [-0.3, -0.25) is 0 Å². The molecule has 1 aliphatic rings. The van der Waals surface area contributed by atoms with E-state index in [-0.39, 0.29) is 6.04 Å². The van der Waals surface area contributed by atoms with Crippen LogP contribution in [0.15, 0.2) is 18.2 Å². The Balaban J connectivity index is 1.96. The number of hydrogen-bond donors (Lipinski definition) is 1. The third kappa shape index (κ3) is 2.33. The van der Waals surface area contributed by atoms with Crippen LogP contribution in [0.5, 0.6) is 0 Å². The van der Waals surface area contributed by atoms with E-state index >= 15 is 0 Å². The van der Waals surface area contributed by atoms with Crippen LogP contribution in [0, 0.1) is 13.8 Å². The van der Waals surface area contributed by atoms with E-state index in [1.807, 2.05) is 18.4 Å². The SMILES string of the molecule is CNC(c1ccc(C)c(C)c1)c1nc2c(s1)CCC2. The Morgan fingerprint density at radius 3 is 2.74 bits per heavy atom. The highest BCUT2D eigenvalue weighted by Gasteiger charge is 2.22. The fourth-order valence-corrected chi connectivity index (χ4v) is 4.00. The molecule has 1 N–H and O–H groups in total. The zero-order valence-electron chi connectivity index (χ0n) is 11.8. The molecule has 0 bridgehead atoms. The molecule has 1 aromatic heterocycles. The molecule has 2 aromatic rings. The summed E-state index contributed by atoms with van der Waals surface area (Å²) in [5, 5.41) is 4.64. The molecule has 0 saturated heterocycles. The van der Waals surface area contributed by atoms with Gasteiger partial charge in [0.2, 0.25) is 0 Å². The number of aryl methyl sites for hydroxylation is 4. The minimum atomic E-state index is 0.231. The molecule has 0 fully saturated rings. The lowest BCUT2D eigenvalue weighted by Crippen LogP contribution is -2.17. The second-order valence-corrected chi connectivity index (χ2v) is 6.46. The average Bonchev–Trinajstić information content (AvgIpc) is 2.95. The Hall–Kier alpha value is -1.19. The van der Waals surface area contributed by atoms with Crippen molar-refractivity contribution < 1.29 is 0 Å². The van der Waals surface area contributed by atoms with Gasteiger partial charge >= 0.3 is 0 Å². The van der Waals surface area contributed by atoms with Gasteiger partial charge in [-0.1, -0.05) is 18.2 Å². The Morgan fingerprint density at radius 1 is 1.21 bits per heavy atom. The van der Waals surface area contributed by atoms with Crippen LogP contribution in [0.25, 0.3) is 0 Å². The summed E-state index contributed by atoms with van der Waals surface area (Å²) >= 11 is 1.89. The highest BCUT2D eigenvalue weighted by molar-refractivity contribution is 7.11.